The smallest absolute Gasteiger partial charge is 0.0378 e. The van der Waals surface area contributed by atoms with E-state index in [1.54, 1.807) is 0 Å². The summed E-state index contributed by atoms with van der Waals surface area (Å²) in [5, 5.41) is 0. The Labute approximate surface area is 123 Å². The van der Waals surface area contributed by atoms with Gasteiger partial charge < -0.3 is 10.6 Å². The number of piperazine rings is 1. The fraction of sp³-hybridized carbons (Fsp3) is 0.600. The van der Waals surface area contributed by atoms with Crippen LogP contribution in [-0.2, 0) is 0 Å². The summed E-state index contributed by atoms with van der Waals surface area (Å²) in [5.74, 6) is 0. The predicted octanol–water partition coefficient (Wildman–Crippen LogP) is 2.75. The lowest BCUT2D eigenvalue weighted by Gasteiger charge is -2.36. The highest BCUT2D eigenvalue weighted by Crippen LogP contribution is 2.30. The molecular weight excluding hydrogens is 302 g/mol. The van der Waals surface area contributed by atoms with Gasteiger partial charge in [-0.15, -0.1) is 0 Å². The van der Waals surface area contributed by atoms with Crippen molar-refractivity contribution in [2.75, 3.05) is 31.1 Å². The van der Waals surface area contributed by atoms with Crippen LogP contribution in [0.5, 0.6) is 0 Å². The lowest BCUT2D eigenvalue weighted by Crippen LogP contribution is -2.47. The van der Waals surface area contributed by atoms with E-state index in [-0.39, 0.29) is 6.04 Å². The largest absolute Gasteiger partial charge is 0.369 e. The molecule has 2 aliphatic rings. The monoisotopic (exact) mass is 323 g/mol. The number of halogens is 1. The summed E-state index contributed by atoms with van der Waals surface area (Å²) >= 11 is 3.64. The Morgan fingerprint density at radius 3 is 2.42 bits per heavy atom. The maximum atomic E-state index is 5.95. The fourth-order valence-electron chi connectivity index (χ4n) is 2.87. The maximum Gasteiger partial charge on any atom is 0.0378 e. The van der Waals surface area contributed by atoms with E-state index in [1.165, 1.54) is 37.2 Å². The average molecular weight is 324 g/mol. The van der Waals surface area contributed by atoms with Crippen molar-refractivity contribution in [1.29, 1.82) is 0 Å². The Morgan fingerprint density at radius 2 is 1.89 bits per heavy atom. The normalized spacial score (nSPS) is 22.6. The Balaban J connectivity index is 1.67. The summed E-state index contributed by atoms with van der Waals surface area (Å²) in [7, 11) is 0. The molecule has 2 N–H and O–H groups in total. The van der Waals surface area contributed by atoms with Crippen molar-refractivity contribution in [1.82, 2.24) is 4.90 Å². The van der Waals surface area contributed by atoms with Crippen molar-refractivity contribution in [3.05, 3.63) is 28.2 Å². The molecule has 1 aliphatic heterocycles. The van der Waals surface area contributed by atoms with Gasteiger partial charge in [0.05, 0.1) is 0 Å². The summed E-state index contributed by atoms with van der Waals surface area (Å²) in [6.45, 7) is 6.71. The van der Waals surface area contributed by atoms with Crippen molar-refractivity contribution in [3.8, 4) is 0 Å². The number of nitrogens with two attached hydrogens (primary N) is 1. The molecule has 1 atom stereocenters. The first-order valence-electron chi connectivity index (χ1n) is 7.19. The molecule has 1 saturated carbocycles. The Kier molecular flexibility index (Phi) is 3.83. The van der Waals surface area contributed by atoms with Crippen LogP contribution >= 0.6 is 15.9 Å². The van der Waals surface area contributed by atoms with Gasteiger partial charge in [0.2, 0.25) is 0 Å². The third-order valence-electron chi connectivity index (χ3n) is 4.22. The number of hydrogen-bond acceptors (Lipinski definition) is 3. The molecular formula is C15H22BrN3. The van der Waals surface area contributed by atoms with Crippen molar-refractivity contribution >= 4 is 21.6 Å². The number of nitrogens with zero attached hydrogens (tertiary/aromatic N) is 2. The molecule has 1 heterocycles. The van der Waals surface area contributed by atoms with Crippen molar-refractivity contribution < 1.29 is 0 Å². The first kappa shape index (κ1) is 13.4. The zero-order chi connectivity index (χ0) is 13.4. The van der Waals surface area contributed by atoms with Gasteiger partial charge in [0.25, 0.3) is 0 Å². The van der Waals surface area contributed by atoms with E-state index in [1.807, 2.05) is 6.92 Å². The number of rotatable bonds is 3. The van der Waals surface area contributed by atoms with E-state index in [9.17, 15) is 0 Å². The van der Waals surface area contributed by atoms with E-state index >= 15 is 0 Å². The molecule has 0 bridgehead atoms. The lowest BCUT2D eigenvalue weighted by molar-refractivity contribution is 0.248. The molecule has 0 spiro atoms. The predicted molar refractivity (Wildman–Crippen MR) is 83.6 cm³/mol. The molecule has 1 unspecified atom stereocenters. The second-order valence-electron chi connectivity index (χ2n) is 5.75. The molecule has 1 aromatic rings. The number of hydrogen-bond donors (Lipinski definition) is 1. The molecule has 4 heteroatoms. The Hall–Kier alpha value is -0.580. The number of anilines is 1. The minimum absolute atomic E-state index is 0.0788. The van der Waals surface area contributed by atoms with Crippen molar-refractivity contribution in [3.63, 3.8) is 0 Å². The van der Waals surface area contributed by atoms with Gasteiger partial charge in [-0.1, -0.05) is 22.0 Å². The second kappa shape index (κ2) is 5.43. The minimum atomic E-state index is 0.0788. The van der Waals surface area contributed by atoms with E-state index in [4.69, 9.17) is 5.73 Å². The Bertz CT molecular complexity index is 449. The number of benzene rings is 1. The lowest BCUT2D eigenvalue weighted by atomic mass is 10.1. The van der Waals surface area contributed by atoms with Gasteiger partial charge in [0.15, 0.2) is 0 Å². The van der Waals surface area contributed by atoms with Crippen LogP contribution < -0.4 is 10.6 Å². The van der Waals surface area contributed by atoms with Crippen LogP contribution in [-0.4, -0.2) is 37.1 Å². The highest BCUT2D eigenvalue weighted by Gasteiger charge is 2.31. The molecule has 1 saturated heterocycles. The second-order valence-corrected chi connectivity index (χ2v) is 6.60. The van der Waals surface area contributed by atoms with Gasteiger partial charge in [-0.05, 0) is 37.5 Å². The van der Waals surface area contributed by atoms with Crippen LogP contribution in [0.25, 0.3) is 0 Å². The van der Waals surface area contributed by atoms with Gasteiger partial charge in [-0.2, -0.15) is 0 Å². The summed E-state index contributed by atoms with van der Waals surface area (Å²) in [4.78, 5) is 5.12. The molecule has 2 fully saturated rings. The molecule has 0 aromatic heterocycles. The summed E-state index contributed by atoms with van der Waals surface area (Å²) in [6.07, 6.45) is 2.82. The van der Waals surface area contributed by atoms with E-state index in [0.717, 1.165) is 23.6 Å². The highest BCUT2D eigenvalue weighted by atomic mass is 79.9. The SMILES string of the molecule is CC(N)c1ccc(N2CCN(C3CC3)CC2)cc1Br. The molecule has 1 aliphatic carbocycles. The highest BCUT2D eigenvalue weighted by molar-refractivity contribution is 9.10. The fourth-order valence-corrected chi connectivity index (χ4v) is 3.59. The molecule has 0 radical (unpaired) electrons. The minimum Gasteiger partial charge on any atom is -0.369 e. The summed E-state index contributed by atoms with van der Waals surface area (Å²) in [6, 6.07) is 7.54. The first-order valence-corrected chi connectivity index (χ1v) is 7.98. The third-order valence-corrected chi connectivity index (χ3v) is 4.90. The van der Waals surface area contributed by atoms with Gasteiger partial charge in [-0.25, -0.2) is 0 Å². The quantitative estimate of drug-likeness (QED) is 0.928. The van der Waals surface area contributed by atoms with E-state index < -0.39 is 0 Å². The Morgan fingerprint density at radius 1 is 1.21 bits per heavy atom. The molecule has 3 rings (SSSR count). The zero-order valence-electron chi connectivity index (χ0n) is 11.5. The van der Waals surface area contributed by atoms with Gasteiger partial charge in [0.1, 0.15) is 0 Å². The molecule has 0 amide bonds. The summed E-state index contributed by atoms with van der Waals surface area (Å²) in [5.41, 5.74) is 8.44. The van der Waals surface area contributed by atoms with Gasteiger partial charge in [0, 0.05) is 48.4 Å². The molecule has 1 aromatic carbocycles. The van der Waals surface area contributed by atoms with Gasteiger partial charge >= 0.3 is 0 Å². The topological polar surface area (TPSA) is 32.5 Å². The van der Waals surface area contributed by atoms with E-state index in [0.29, 0.717) is 0 Å². The maximum absolute atomic E-state index is 5.95. The van der Waals surface area contributed by atoms with Gasteiger partial charge in [-0.3, -0.25) is 4.90 Å². The third kappa shape index (κ3) is 2.96. The van der Waals surface area contributed by atoms with Crippen LogP contribution in [0, 0.1) is 0 Å². The standard InChI is InChI=1S/C15H22BrN3/c1-11(17)14-5-4-13(10-15(14)16)19-8-6-18(7-9-19)12-2-3-12/h4-5,10-12H,2-3,6-9,17H2,1H3. The van der Waals surface area contributed by atoms with E-state index in [2.05, 4.69) is 43.9 Å². The van der Waals surface area contributed by atoms with Crippen molar-refractivity contribution in [2.24, 2.45) is 5.73 Å². The van der Waals surface area contributed by atoms with Crippen LogP contribution in [0.3, 0.4) is 0 Å². The van der Waals surface area contributed by atoms with Crippen LogP contribution in [0.15, 0.2) is 22.7 Å². The van der Waals surface area contributed by atoms with Crippen molar-refractivity contribution in [2.45, 2.75) is 31.8 Å². The molecule has 19 heavy (non-hydrogen) atoms. The first-order chi connectivity index (χ1) is 9.15. The summed E-state index contributed by atoms with van der Waals surface area (Å²) < 4.78 is 1.13. The average Bonchev–Trinajstić information content (AvgIpc) is 3.22. The molecule has 104 valence electrons. The zero-order valence-corrected chi connectivity index (χ0v) is 13.1. The van der Waals surface area contributed by atoms with Crippen LogP contribution in [0.1, 0.15) is 31.4 Å². The van der Waals surface area contributed by atoms with Crippen LogP contribution in [0.4, 0.5) is 5.69 Å². The van der Waals surface area contributed by atoms with Crippen LogP contribution in [0.2, 0.25) is 0 Å². The molecule has 3 nitrogen and oxygen atoms in total.